The molecule has 0 atom stereocenters. The van der Waals surface area contributed by atoms with E-state index >= 15 is 0 Å². The van der Waals surface area contributed by atoms with Crippen molar-refractivity contribution in [2.45, 2.75) is 33.2 Å². The van der Waals surface area contributed by atoms with Crippen molar-refractivity contribution in [3.05, 3.63) is 31.3 Å². The van der Waals surface area contributed by atoms with Crippen molar-refractivity contribution in [2.75, 3.05) is 13.1 Å². The summed E-state index contributed by atoms with van der Waals surface area (Å²) in [6.45, 7) is 6.39. The highest BCUT2D eigenvalue weighted by molar-refractivity contribution is 7.18. The van der Waals surface area contributed by atoms with Crippen LogP contribution in [0.2, 0.25) is 0 Å². The standard InChI is InChI=1S/C14H19N3O2S/c1-8-9(2)20-12-11(8)13(18)17(14(19)16-12)7-10-3-5-15-6-4-10/h10,15H,3-7H2,1-2H3,(H,16,19). The number of aryl methyl sites for hydroxylation is 2. The molecule has 1 fully saturated rings. The van der Waals surface area contributed by atoms with Crippen LogP contribution in [0.1, 0.15) is 23.3 Å². The van der Waals surface area contributed by atoms with Gasteiger partial charge in [0.1, 0.15) is 4.83 Å². The van der Waals surface area contributed by atoms with E-state index in [0.29, 0.717) is 22.7 Å². The molecule has 108 valence electrons. The van der Waals surface area contributed by atoms with Crippen LogP contribution >= 0.6 is 11.3 Å². The molecule has 3 heterocycles. The Labute approximate surface area is 120 Å². The van der Waals surface area contributed by atoms with Gasteiger partial charge >= 0.3 is 5.69 Å². The number of nitrogens with zero attached hydrogens (tertiary/aromatic N) is 1. The quantitative estimate of drug-likeness (QED) is 0.879. The third-order valence-electron chi connectivity index (χ3n) is 4.21. The number of fused-ring (bicyclic) bond motifs is 1. The van der Waals surface area contributed by atoms with Crippen LogP contribution in [0.4, 0.5) is 0 Å². The van der Waals surface area contributed by atoms with Gasteiger partial charge in [0.15, 0.2) is 0 Å². The number of piperidine rings is 1. The lowest BCUT2D eigenvalue weighted by molar-refractivity contribution is 0.325. The Hall–Kier alpha value is -1.40. The maximum atomic E-state index is 12.6. The van der Waals surface area contributed by atoms with Gasteiger partial charge in [-0.3, -0.25) is 14.3 Å². The number of H-pyrrole nitrogens is 1. The molecule has 0 radical (unpaired) electrons. The summed E-state index contributed by atoms with van der Waals surface area (Å²) in [6, 6.07) is 0. The fourth-order valence-electron chi connectivity index (χ4n) is 2.85. The lowest BCUT2D eigenvalue weighted by atomic mass is 9.98. The SMILES string of the molecule is Cc1sc2[nH]c(=O)n(CC3CCNCC3)c(=O)c2c1C. The first kappa shape index (κ1) is 13.6. The highest BCUT2D eigenvalue weighted by Gasteiger charge is 2.18. The molecular weight excluding hydrogens is 274 g/mol. The minimum absolute atomic E-state index is 0.135. The van der Waals surface area contributed by atoms with Gasteiger partial charge in [-0.1, -0.05) is 0 Å². The third kappa shape index (κ3) is 2.23. The van der Waals surface area contributed by atoms with Crippen LogP contribution in [-0.2, 0) is 6.54 Å². The van der Waals surface area contributed by atoms with E-state index in [2.05, 4.69) is 10.3 Å². The second kappa shape index (κ2) is 5.18. The first-order valence-electron chi connectivity index (χ1n) is 7.01. The summed E-state index contributed by atoms with van der Waals surface area (Å²) in [4.78, 5) is 29.4. The van der Waals surface area contributed by atoms with Crippen molar-refractivity contribution in [3.8, 4) is 0 Å². The maximum Gasteiger partial charge on any atom is 0.329 e. The summed E-state index contributed by atoms with van der Waals surface area (Å²) in [5, 5.41) is 3.98. The van der Waals surface area contributed by atoms with Gasteiger partial charge in [0, 0.05) is 11.4 Å². The molecule has 0 amide bonds. The normalized spacial score (nSPS) is 16.9. The van der Waals surface area contributed by atoms with Crippen LogP contribution in [-0.4, -0.2) is 22.6 Å². The lowest BCUT2D eigenvalue weighted by Crippen LogP contribution is -2.39. The molecule has 0 unspecified atom stereocenters. The molecule has 2 aromatic rings. The van der Waals surface area contributed by atoms with E-state index in [-0.39, 0.29) is 11.2 Å². The molecule has 3 rings (SSSR count). The van der Waals surface area contributed by atoms with E-state index in [1.165, 1.54) is 15.9 Å². The average molecular weight is 293 g/mol. The van der Waals surface area contributed by atoms with Gasteiger partial charge in [-0.05, 0) is 51.3 Å². The minimum Gasteiger partial charge on any atom is -0.317 e. The largest absolute Gasteiger partial charge is 0.329 e. The van der Waals surface area contributed by atoms with Gasteiger partial charge in [-0.25, -0.2) is 4.79 Å². The Kier molecular flexibility index (Phi) is 3.52. The second-order valence-corrected chi connectivity index (χ2v) is 6.75. The van der Waals surface area contributed by atoms with Gasteiger partial charge in [0.05, 0.1) is 5.39 Å². The number of thiophene rings is 1. The Balaban J connectivity index is 2.08. The van der Waals surface area contributed by atoms with E-state index < -0.39 is 0 Å². The monoisotopic (exact) mass is 293 g/mol. The number of hydrogen-bond donors (Lipinski definition) is 2. The number of hydrogen-bond acceptors (Lipinski definition) is 4. The fourth-order valence-corrected chi connectivity index (χ4v) is 3.89. The molecule has 0 bridgehead atoms. The Bertz CT molecular complexity index is 750. The molecule has 1 aliphatic heterocycles. The molecule has 0 aliphatic carbocycles. The van der Waals surface area contributed by atoms with Gasteiger partial charge < -0.3 is 5.32 Å². The summed E-state index contributed by atoms with van der Waals surface area (Å²) >= 11 is 1.48. The molecule has 6 heteroatoms. The molecule has 0 spiro atoms. The van der Waals surface area contributed by atoms with E-state index in [0.717, 1.165) is 36.4 Å². The molecule has 0 saturated carbocycles. The Morgan fingerprint density at radius 3 is 2.65 bits per heavy atom. The van der Waals surface area contributed by atoms with E-state index in [1.807, 2.05) is 13.8 Å². The molecular formula is C14H19N3O2S. The zero-order chi connectivity index (χ0) is 14.3. The molecule has 1 aliphatic rings. The first-order chi connectivity index (χ1) is 9.58. The molecule has 5 nitrogen and oxygen atoms in total. The maximum absolute atomic E-state index is 12.6. The van der Waals surface area contributed by atoms with Crippen molar-refractivity contribution >= 4 is 21.6 Å². The van der Waals surface area contributed by atoms with Gasteiger partial charge in [0.2, 0.25) is 0 Å². The average Bonchev–Trinajstić information content (AvgIpc) is 2.71. The highest BCUT2D eigenvalue weighted by atomic mass is 32.1. The summed E-state index contributed by atoms with van der Waals surface area (Å²) in [5.41, 5.74) is 0.580. The zero-order valence-electron chi connectivity index (χ0n) is 11.8. The predicted molar refractivity (Wildman–Crippen MR) is 81.8 cm³/mol. The van der Waals surface area contributed by atoms with Crippen molar-refractivity contribution in [1.82, 2.24) is 14.9 Å². The van der Waals surface area contributed by atoms with Crippen LogP contribution in [0.15, 0.2) is 9.59 Å². The van der Waals surface area contributed by atoms with Crippen LogP contribution in [0.3, 0.4) is 0 Å². The molecule has 0 aromatic carbocycles. The lowest BCUT2D eigenvalue weighted by Gasteiger charge is -2.22. The minimum atomic E-state index is -0.276. The highest BCUT2D eigenvalue weighted by Crippen LogP contribution is 2.25. The fraction of sp³-hybridized carbons (Fsp3) is 0.571. The van der Waals surface area contributed by atoms with Crippen LogP contribution in [0.5, 0.6) is 0 Å². The van der Waals surface area contributed by atoms with Crippen molar-refractivity contribution in [3.63, 3.8) is 0 Å². The van der Waals surface area contributed by atoms with Crippen LogP contribution in [0.25, 0.3) is 10.2 Å². The summed E-state index contributed by atoms with van der Waals surface area (Å²) in [6.07, 6.45) is 2.04. The van der Waals surface area contributed by atoms with Crippen LogP contribution < -0.4 is 16.6 Å². The Morgan fingerprint density at radius 2 is 1.95 bits per heavy atom. The number of aromatic nitrogens is 2. The summed E-state index contributed by atoms with van der Waals surface area (Å²) in [5.74, 6) is 0.410. The second-order valence-electron chi connectivity index (χ2n) is 5.53. The predicted octanol–water partition coefficient (Wildman–Crippen LogP) is 1.37. The number of nitrogens with one attached hydrogen (secondary N) is 2. The van der Waals surface area contributed by atoms with Crippen molar-refractivity contribution < 1.29 is 0 Å². The van der Waals surface area contributed by atoms with E-state index in [4.69, 9.17) is 0 Å². The van der Waals surface area contributed by atoms with Gasteiger partial charge in [0.25, 0.3) is 5.56 Å². The first-order valence-corrected chi connectivity index (χ1v) is 7.83. The zero-order valence-corrected chi connectivity index (χ0v) is 12.6. The molecule has 2 aromatic heterocycles. The van der Waals surface area contributed by atoms with Gasteiger partial charge in [-0.15, -0.1) is 11.3 Å². The smallest absolute Gasteiger partial charge is 0.317 e. The van der Waals surface area contributed by atoms with E-state index in [9.17, 15) is 9.59 Å². The van der Waals surface area contributed by atoms with Crippen LogP contribution in [0, 0.1) is 19.8 Å². The molecule has 20 heavy (non-hydrogen) atoms. The topological polar surface area (TPSA) is 66.9 Å². The summed E-state index contributed by atoms with van der Waals surface area (Å²) < 4.78 is 1.39. The molecule has 2 N–H and O–H groups in total. The Morgan fingerprint density at radius 1 is 1.25 bits per heavy atom. The van der Waals surface area contributed by atoms with Crippen molar-refractivity contribution in [2.24, 2.45) is 5.92 Å². The van der Waals surface area contributed by atoms with Crippen molar-refractivity contribution in [1.29, 1.82) is 0 Å². The molecule has 1 saturated heterocycles. The number of aromatic amines is 1. The van der Waals surface area contributed by atoms with E-state index in [1.54, 1.807) is 0 Å². The number of rotatable bonds is 2. The third-order valence-corrected chi connectivity index (χ3v) is 5.33. The van der Waals surface area contributed by atoms with Gasteiger partial charge in [-0.2, -0.15) is 0 Å². The summed E-state index contributed by atoms with van der Waals surface area (Å²) in [7, 11) is 0.